The van der Waals surface area contributed by atoms with Crippen molar-refractivity contribution in [2.24, 2.45) is 5.92 Å². The molecule has 1 heterocycles. The van der Waals surface area contributed by atoms with E-state index in [-0.39, 0.29) is 0 Å². The molecule has 1 fully saturated rings. The molecule has 1 atom stereocenters. The second-order valence-electron chi connectivity index (χ2n) is 4.52. The summed E-state index contributed by atoms with van der Waals surface area (Å²) in [4.78, 5) is 0. The lowest BCUT2D eigenvalue weighted by Gasteiger charge is -2.08. The van der Waals surface area contributed by atoms with E-state index in [0.29, 0.717) is 11.1 Å². The third-order valence-electron chi connectivity index (χ3n) is 3.12. The summed E-state index contributed by atoms with van der Waals surface area (Å²) in [6.07, 6.45) is 0.819. The van der Waals surface area contributed by atoms with Crippen LogP contribution in [-0.4, -0.2) is 37.4 Å². The summed E-state index contributed by atoms with van der Waals surface area (Å²) in [5.41, 5.74) is 0.807. The molecular weight excluding hydrogens is 319 g/mol. The van der Waals surface area contributed by atoms with Gasteiger partial charge in [0.1, 0.15) is 15.8 Å². The van der Waals surface area contributed by atoms with Crippen molar-refractivity contribution in [3.05, 3.63) is 24.3 Å². The molecule has 0 radical (unpaired) electrons. The minimum Gasteiger partial charge on any atom is -0.494 e. The molecule has 20 heavy (non-hydrogen) atoms. The van der Waals surface area contributed by atoms with Crippen molar-refractivity contribution in [2.45, 2.75) is 15.9 Å². The van der Waals surface area contributed by atoms with Crippen LogP contribution in [0.25, 0.3) is 5.69 Å². The molecule has 106 valence electrons. The molecule has 1 aliphatic rings. The second-order valence-corrected chi connectivity index (χ2v) is 7.05. The number of ether oxygens (including phenoxy) is 1. The number of benzene rings is 1. The van der Waals surface area contributed by atoms with Gasteiger partial charge in [0.2, 0.25) is 5.16 Å². The first-order valence-corrected chi connectivity index (χ1v) is 7.78. The summed E-state index contributed by atoms with van der Waals surface area (Å²) < 4.78 is 6.42. The molecule has 1 unspecified atom stereocenters. The Morgan fingerprint density at radius 2 is 2.20 bits per heavy atom. The van der Waals surface area contributed by atoms with Gasteiger partial charge < -0.3 is 4.74 Å². The Balaban J connectivity index is 1.79. The van der Waals surface area contributed by atoms with E-state index < -0.39 is 4.33 Å². The number of alkyl halides is 2. The summed E-state index contributed by atoms with van der Waals surface area (Å²) in [6, 6.07) is 7.59. The van der Waals surface area contributed by atoms with E-state index >= 15 is 0 Å². The maximum absolute atomic E-state index is 6.03. The van der Waals surface area contributed by atoms with E-state index in [1.54, 1.807) is 23.6 Å². The molecule has 8 heteroatoms. The minimum absolute atomic E-state index is 0.290. The Labute approximate surface area is 130 Å². The lowest BCUT2D eigenvalue weighted by Crippen LogP contribution is -2.03. The Morgan fingerprint density at radius 1 is 1.45 bits per heavy atom. The fourth-order valence-electron chi connectivity index (χ4n) is 1.85. The van der Waals surface area contributed by atoms with Gasteiger partial charge in [-0.3, -0.25) is 0 Å². The van der Waals surface area contributed by atoms with Crippen LogP contribution in [0.4, 0.5) is 0 Å². The third-order valence-corrected chi connectivity index (χ3v) is 5.13. The number of hydrogen-bond donors (Lipinski definition) is 0. The maximum atomic E-state index is 6.03. The Hall–Kier alpha value is -0.980. The van der Waals surface area contributed by atoms with Crippen molar-refractivity contribution < 1.29 is 4.74 Å². The molecule has 0 saturated heterocycles. The number of thioether (sulfide) groups is 1. The lowest BCUT2D eigenvalue weighted by molar-refractivity contribution is 0.410. The molecule has 0 spiro atoms. The first kappa shape index (κ1) is 14.0. The Morgan fingerprint density at radius 3 is 2.90 bits per heavy atom. The van der Waals surface area contributed by atoms with Gasteiger partial charge in [-0.25, -0.2) is 0 Å². The van der Waals surface area contributed by atoms with E-state index in [1.807, 2.05) is 24.3 Å². The highest BCUT2D eigenvalue weighted by Gasteiger charge is 2.51. The van der Waals surface area contributed by atoms with Gasteiger partial charge in [-0.05, 0) is 29.0 Å². The summed E-state index contributed by atoms with van der Waals surface area (Å²) in [7, 11) is 1.62. The van der Waals surface area contributed by atoms with E-state index in [9.17, 15) is 0 Å². The number of hydrogen-bond acceptors (Lipinski definition) is 5. The number of tetrazole rings is 1. The predicted molar refractivity (Wildman–Crippen MR) is 79.0 cm³/mol. The molecule has 5 nitrogen and oxygen atoms in total. The van der Waals surface area contributed by atoms with Gasteiger partial charge in [0.15, 0.2) is 0 Å². The van der Waals surface area contributed by atoms with Gasteiger partial charge in [-0.2, -0.15) is 4.68 Å². The first-order chi connectivity index (χ1) is 9.62. The highest BCUT2D eigenvalue weighted by Crippen LogP contribution is 2.54. The smallest absolute Gasteiger partial charge is 0.214 e. The normalized spacial score (nSPS) is 19.9. The third kappa shape index (κ3) is 2.73. The van der Waals surface area contributed by atoms with E-state index in [2.05, 4.69) is 15.5 Å². The van der Waals surface area contributed by atoms with E-state index in [0.717, 1.165) is 23.6 Å². The van der Waals surface area contributed by atoms with Gasteiger partial charge in [-0.15, -0.1) is 28.3 Å². The van der Waals surface area contributed by atoms with Crippen LogP contribution in [0.15, 0.2) is 29.4 Å². The molecule has 1 aromatic heterocycles. The first-order valence-electron chi connectivity index (χ1n) is 6.04. The van der Waals surface area contributed by atoms with E-state index in [4.69, 9.17) is 27.9 Å². The molecule has 2 aromatic rings. The number of methoxy groups -OCH3 is 1. The largest absolute Gasteiger partial charge is 0.494 e. The molecule has 1 saturated carbocycles. The quantitative estimate of drug-likeness (QED) is 0.623. The van der Waals surface area contributed by atoms with Crippen LogP contribution in [-0.2, 0) is 0 Å². The van der Waals surface area contributed by atoms with Crippen LogP contribution >= 0.6 is 35.0 Å². The molecule has 3 rings (SSSR count). The van der Waals surface area contributed by atoms with Crippen LogP contribution in [0.1, 0.15) is 6.42 Å². The topological polar surface area (TPSA) is 52.8 Å². The Bertz CT molecular complexity index is 619. The number of aromatic nitrogens is 4. The van der Waals surface area contributed by atoms with Crippen LogP contribution < -0.4 is 4.74 Å². The molecule has 0 bridgehead atoms. The summed E-state index contributed by atoms with van der Waals surface area (Å²) in [6.45, 7) is 0. The van der Waals surface area contributed by atoms with Crippen molar-refractivity contribution in [1.29, 1.82) is 0 Å². The highest BCUT2D eigenvalue weighted by molar-refractivity contribution is 7.99. The van der Waals surface area contributed by atoms with Crippen molar-refractivity contribution in [3.8, 4) is 11.4 Å². The zero-order valence-electron chi connectivity index (χ0n) is 10.7. The molecule has 0 N–H and O–H groups in total. The number of rotatable bonds is 5. The SMILES string of the molecule is COc1ccccc1-n1nnnc1SCC1CC1(Cl)Cl. The van der Waals surface area contributed by atoms with Crippen LogP contribution in [0.3, 0.4) is 0 Å². The highest BCUT2D eigenvalue weighted by atomic mass is 35.5. The molecular formula is C12H12Cl2N4OS. The number of nitrogens with zero attached hydrogens (tertiary/aromatic N) is 4. The van der Waals surface area contributed by atoms with Crippen molar-refractivity contribution in [2.75, 3.05) is 12.9 Å². The van der Waals surface area contributed by atoms with Crippen LogP contribution in [0.5, 0.6) is 5.75 Å². The zero-order chi connectivity index (χ0) is 14.2. The van der Waals surface area contributed by atoms with Gasteiger partial charge >= 0.3 is 0 Å². The number of para-hydroxylation sites is 2. The maximum Gasteiger partial charge on any atom is 0.214 e. The molecule has 1 aliphatic carbocycles. The van der Waals surface area contributed by atoms with Gasteiger partial charge in [0.25, 0.3) is 0 Å². The van der Waals surface area contributed by atoms with Crippen LogP contribution in [0, 0.1) is 5.92 Å². The fourth-order valence-corrected chi connectivity index (χ4v) is 3.66. The van der Waals surface area contributed by atoms with Gasteiger partial charge in [0, 0.05) is 11.7 Å². The standard InChI is InChI=1S/C12H12Cl2N4OS/c1-19-10-5-3-2-4-9(10)18-11(15-16-17-18)20-7-8-6-12(8,13)14/h2-5,8H,6-7H2,1H3. The Kier molecular flexibility index (Phi) is 3.79. The molecule has 0 amide bonds. The fraction of sp³-hybridized carbons (Fsp3) is 0.417. The summed E-state index contributed by atoms with van der Waals surface area (Å²) in [5.74, 6) is 1.80. The second kappa shape index (κ2) is 5.42. The van der Waals surface area contributed by atoms with Gasteiger partial charge in [-0.1, -0.05) is 23.9 Å². The van der Waals surface area contributed by atoms with Gasteiger partial charge in [0.05, 0.1) is 7.11 Å². The molecule has 1 aromatic carbocycles. The minimum atomic E-state index is -0.574. The van der Waals surface area contributed by atoms with Crippen LogP contribution in [0.2, 0.25) is 0 Å². The molecule has 0 aliphatic heterocycles. The lowest BCUT2D eigenvalue weighted by atomic mass is 10.3. The number of halogens is 2. The van der Waals surface area contributed by atoms with Crippen molar-refractivity contribution >= 4 is 35.0 Å². The summed E-state index contributed by atoms with van der Waals surface area (Å²) >= 11 is 13.6. The average molecular weight is 331 g/mol. The average Bonchev–Trinajstić information content (AvgIpc) is 2.87. The predicted octanol–water partition coefficient (Wildman–Crippen LogP) is 2.96. The summed E-state index contributed by atoms with van der Waals surface area (Å²) in [5, 5.41) is 12.5. The zero-order valence-corrected chi connectivity index (χ0v) is 13.0. The van der Waals surface area contributed by atoms with Crippen molar-refractivity contribution in [3.63, 3.8) is 0 Å². The monoisotopic (exact) mass is 330 g/mol. The van der Waals surface area contributed by atoms with E-state index in [1.165, 1.54) is 0 Å². The van der Waals surface area contributed by atoms with Crippen molar-refractivity contribution in [1.82, 2.24) is 20.2 Å².